The Labute approximate surface area is 224 Å². The summed E-state index contributed by atoms with van der Waals surface area (Å²) >= 11 is 1.90. The topological polar surface area (TPSA) is 43.9 Å². The van der Waals surface area contributed by atoms with Gasteiger partial charge in [0, 0.05) is 44.0 Å². The van der Waals surface area contributed by atoms with Crippen LogP contribution < -0.4 is 4.90 Å². The lowest BCUT2D eigenvalue weighted by molar-refractivity contribution is -0.138. The van der Waals surface area contributed by atoms with E-state index in [-0.39, 0.29) is 36.6 Å². The third-order valence-electron chi connectivity index (χ3n) is 7.18. The normalized spacial score (nSPS) is 18.6. The monoisotopic (exact) mass is 523 g/mol. The Kier molecular flexibility index (Phi) is 8.94. The predicted octanol–water partition coefficient (Wildman–Crippen LogP) is 5.43. The summed E-state index contributed by atoms with van der Waals surface area (Å²) in [6.07, 6.45) is 1.10. The van der Waals surface area contributed by atoms with Crippen LogP contribution in [0.1, 0.15) is 31.2 Å². The number of carbonyl (C=O) groups is 2. The van der Waals surface area contributed by atoms with Gasteiger partial charge >= 0.3 is 0 Å². The number of piperazine rings is 1. The Morgan fingerprint density at radius 1 is 0.861 bits per heavy atom. The standard InChI is InChI=1S/C29H33N3O2S.ClH/c1-2-35-27-14-6-5-13-26(27)31-19-17-30(18-20-31)15-8-16-32-28(33)21-25(29(32)34)24-12-7-10-22-9-3-4-11-23(22)24;/h3-7,9-14,25H,2,8,15-21H2,1H3;1H. The van der Waals surface area contributed by atoms with Crippen molar-refractivity contribution in [2.75, 3.05) is 49.9 Å². The molecule has 1 unspecified atom stereocenters. The summed E-state index contributed by atoms with van der Waals surface area (Å²) in [7, 11) is 0. The Morgan fingerprint density at radius 3 is 2.39 bits per heavy atom. The van der Waals surface area contributed by atoms with Crippen LogP contribution in [0.5, 0.6) is 0 Å². The van der Waals surface area contributed by atoms with Crippen molar-refractivity contribution < 1.29 is 9.59 Å². The van der Waals surface area contributed by atoms with Gasteiger partial charge in [-0.15, -0.1) is 24.2 Å². The summed E-state index contributed by atoms with van der Waals surface area (Å²) in [6.45, 7) is 7.64. The molecule has 0 bridgehead atoms. The molecule has 3 aromatic rings. The predicted molar refractivity (Wildman–Crippen MR) is 151 cm³/mol. The Morgan fingerprint density at radius 2 is 1.58 bits per heavy atom. The van der Waals surface area contributed by atoms with Crippen molar-refractivity contribution in [2.24, 2.45) is 0 Å². The number of hydrogen-bond acceptors (Lipinski definition) is 5. The molecule has 0 aliphatic carbocycles. The lowest BCUT2D eigenvalue weighted by atomic mass is 9.92. The highest BCUT2D eigenvalue weighted by atomic mass is 35.5. The van der Waals surface area contributed by atoms with Crippen molar-refractivity contribution in [1.29, 1.82) is 0 Å². The number of benzene rings is 3. The summed E-state index contributed by atoms with van der Waals surface area (Å²) in [5.41, 5.74) is 2.31. The van der Waals surface area contributed by atoms with E-state index in [4.69, 9.17) is 0 Å². The molecular weight excluding hydrogens is 490 g/mol. The van der Waals surface area contributed by atoms with Crippen LogP contribution in [0.15, 0.2) is 71.6 Å². The lowest BCUT2D eigenvalue weighted by Crippen LogP contribution is -2.47. The van der Waals surface area contributed by atoms with Crippen LogP contribution in [0.25, 0.3) is 10.8 Å². The fraction of sp³-hybridized carbons (Fsp3) is 0.379. The minimum absolute atomic E-state index is 0. The second-order valence-corrected chi connectivity index (χ2v) is 10.6. The minimum Gasteiger partial charge on any atom is -0.368 e. The molecule has 5 nitrogen and oxygen atoms in total. The maximum absolute atomic E-state index is 13.2. The van der Waals surface area contributed by atoms with Crippen molar-refractivity contribution in [1.82, 2.24) is 9.80 Å². The maximum atomic E-state index is 13.2. The number of fused-ring (bicyclic) bond motifs is 1. The first-order chi connectivity index (χ1) is 17.2. The van der Waals surface area contributed by atoms with Crippen LogP contribution >= 0.6 is 24.2 Å². The number of rotatable bonds is 8. The quantitative estimate of drug-likeness (QED) is 0.291. The first kappa shape index (κ1) is 26.5. The van der Waals surface area contributed by atoms with Gasteiger partial charge in [0.05, 0.1) is 11.6 Å². The van der Waals surface area contributed by atoms with Crippen LogP contribution in [0.3, 0.4) is 0 Å². The van der Waals surface area contributed by atoms with Crippen molar-refractivity contribution in [3.8, 4) is 0 Å². The van der Waals surface area contributed by atoms with E-state index in [0.717, 1.165) is 61.2 Å². The van der Waals surface area contributed by atoms with Gasteiger partial charge in [0.2, 0.25) is 11.8 Å². The molecule has 7 heteroatoms. The fourth-order valence-corrected chi connectivity index (χ4v) is 6.21. The molecule has 0 spiro atoms. The van der Waals surface area contributed by atoms with Gasteiger partial charge in [-0.3, -0.25) is 19.4 Å². The molecule has 0 aromatic heterocycles. The average Bonchev–Trinajstić information content (AvgIpc) is 3.17. The summed E-state index contributed by atoms with van der Waals surface area (Å²) in [6, 6.07) is 22.8. The summed E-state index contributed by atoms with van der Waals surface area (Å²) in [5.74, 6) is 0.633. The molecule has 0 N–H and O–H groups in total. The zero-order valence-electron chi connectivity index (χ0n) is 20.8. The molecule has 3 aromatic carbocycles. The zero-order chi connectivity index (χ0) is 24.2. The highest BCUT2D eigenvalue weighted by Crippen LogP contribution is 2.34. The largest absolute Gasteiger partial charge is 0.368 e. The maximum Gasteiger partial charge on any atom is 0.237 e. The third kappa shape index (κ3) is 5.56. The summed E-state index contributed by atoms with van der Waals surface area (Å²) < 4.78 is 0. The van der Waals surface area contributed by atoms with E-state index in [1.807, 2.05) is 42.1 Å². The Balaban J connectivity index is 0.00000304. The molecule has 0 radical (unpaired) electrons. The molecule has 2 heterocycles. The van der Waals surface area contributed by atoms with Gasteiger partial charge in [-0.1, -0.05) is 61.5 Å². The van der Waals surface area contributed by atoms with Crippen molar-refractivity contribution in [3.05, 3.63) is 72.3 Å². The van der Waals surface area contributed by atoms with Gasteiger partial charge in [0.1, 0.15) is 0 Å². The number of halogens is 1. The van der Waals surface area contributed by atoms with Crippen molar-refractivity contribution in [2.45, 2.75) is 30.6 Å². The van der Waals surface area contributed by atoms with Gasteiger partial charge in [0.15, 0.2) is 0 Å². The summed E-state index contributed by atoms with van der Waals surface area (Å²) in [4.78, 5) is 33.8. The molecule has 2 saturated heterocycles. The highest BCUT2D eigenvalue weighted by Gasteiger charge is 2.39. The number of amides is 2. The lowest BCUT2D eigenvalue weighted by Gasteiger charge is -2.37. The number of para-hydroxylation sites is 1. The third-order valence-corrected chi connectivity index (χ3v) is 8.12. The SMILES string of the molecule is CCSc1ccccc1N1CCN(CCCN2C(=O)CC(c3cccc4ccccc34)C2=O)CC1.Cl. The number of nitrogens with zero attached hydrogens (tertiary/aromatic N) is 3. The second kappa shape index (κ2) is 12.1. The number of thioether (sulfide) groups is 1. The molecule has 0 saturated carbocycles. The van der Waals surface area contributed by atoms with E-state index in [2.05, 4.69) is 53.1 Å². The van der Waals surface area contributed by atoms with Crippen LogP contribution in [0.4, 0.5) is 5.69 Å². The molecule has 36 heavy (non-hydrogen) atoms. The van der Waals surface area contributed by atoms with Gasteiger partial charge in [0.25, 0.3) is 0 Å². The van der Waals surface area contributed by atoms with E-state index in [1.54, 1.807) is 0 Å². The van der Waals surface area contributed by atoms with E-state index in [1.165, 1.54) is 15.5 Å². The van der Waals surface area contributed by atoms with E-state index in [9.17, 15) is 9.59 Å². The molecule has 2 fully saturated rings. The molecule has 5 rings (SSSR count). The smallest absolute Gasteiger partial charge is 0.237 e. The first-order valence-corrected chi connectivity index (χ1v) is 13.6. The first-order valence-electron chi connectivity index (χ1n) is 12.7. The van der Waals surface area contributed by atoms with Crippen LogP contribution in [-0.2, 0) is 9.59 Å². The average molecular weight is 524 g/mol. The highest BCUT2D eigenvalue weighted by molar-refractivity contribution is 7.99. The van der Waals surface area contributed by atoms with Crippen LogP contribution in [0, 0.1) is 0 Å². The Hall–Kier alpha value is -2.54. The molecule has 190 valence electrons. The molecule has 2 amide bonds. The van der Waals surface area contributed by atoms with Gasteiger partial charge in [-0.05, 0) is 47.2 Å². The molecule has 2 aliphatic rings. The number of anilines is 1. The number of hydrogen-bond donors (Lipinski definition) is 0. The molecule has 1 atom stereocenters. The van der Waals surface area contributed by atoms with E-state index >= 15 is 0 Å². The minimum atomic E-state index is -0.363. The molecule has 2 aliphatic heterocycles. The van der Waals surface area contributed by atoms with Gasteiger partial charge in [-0.25, -0.2) is 0 Å². The van der Waals surface area contributed by atoms with E-state index in [0.29, 0.717) is 6.54 Å². The fourth-order valence-electron chi connectivity index (χ4n) is 5.38. The van der Waals surface area contributed by atoms with Gasteiger partial charge < -0.3 is 4.90 Å². The van der Waals surface area contributed by atoms with Crippen LogP contribution in [0.2, 0.25) is 0 Å². The van der Waals surface area contributed by atoms with Crippen molar-refractivity contribution in [3.63, 3.8) is 0 Å². The van der Waals surface area contributed by atoms with Crippen molar-refractivity contribution >= 4 is 52.4 Å². The Bertz CT molecular complexity index is 1210. The van der Waals surface area contributed by atoms with Crippen LogP contribution in [-0.4, -0.2) is 66.6 Å². The number of likely N-dealkylation sites (tertiary alicyclic amines) is 1. The van der Waals surface area contributed by atoms with Gasteiger partial charge in [-0.2, -0.15) is 0 Å². The summed E-state index contributed by atoms with van der Waals surface area (Å²) in [5, 5.41) is 2.18. The molecular formula is C29H34ClN3O2S. The second-order valence-electron chi connectivity index (χ2n) is 9.29. The zero-order valence-corrected chi connectivity index (χ0v) is 22.4. The number of imide groups is 1. The van der Waals surface area contributed by atoms with E-state index < -0.39 is 0 Å². The number of carbonyl (C=O) groups excluding carboxylic acids is 2.